The first-order chi connectivity index (χ1) is 5.43. The lowest BCUT2D eigenvalue weighted by Crippen LogP contribution is -1.95. The highest BCUT2D eigenvalue weighted by atomic mass is 15.3. The van der Waals surface area contributed by atoms with E-state index in [9.17, 15) is 0 Å². The fraction of sp³-hybridized carbons (Fsp3) is 0.222. The van der Waals surface area contributed by atoms with E-state index in [1.165, 1.54) is 5.56 Å². The lowest BCUT2D eigenvalue weighted by Gasteiger charge is -1.92. The Labute approximate surface area is 66.9 Å². The van der Waals surface area contributed by atoms with Gasteiger partial charge in [-0.15, -0.1) is 0 Å². The Morgan fingerprint density at radius 3 is 2.73 bits per heavy atom. The molecule has 2 heteroatoms. The normalized spacial score (nSPS) is 10.3. The molecule has 2 nitrogen and oxygen atoms in total. The third-order valence-corrected chi connectivity index (χ3v) is 1.39. The number of rotatable bonds is 3. The van der Waals surface area contributed by atoms with Crippen LogP contribution >= 0.6 is 0 Å². The molecule has 0 saturated carbocycles. The van der Waals surface area contributed by atoms with Gasteiger partial charge in [-0.3, -0.25) is 0 Å². The van der Waals surface area contributed by atoms with E-state index in [1.54, 1.807) is 7.05 Å². The van der Waals surface area contributed by atoms with Crippen molar-refractivity contribution in [1.29, 1.82) is 0 Å². The van der Waals surface area contributed by atoms with Gasteiger partial charge in [0.15, 0.2) is 0 Å². The molecule has 1 rings (SSSR count). The van der Waals surface area contributed by atoms with Crippen LogP contribution in [0.1, 0.15) is 5.56 Å². The third kappa shape index (κ3) is 2.85. The first-order valence-electron chi connectivity index (χ1n) is 3.65. The minimum absolute atomic E-state index is 0.891. The van der Waals surface area contributed by atoms with Crippen molar-refractivity contribution in [2.45, 2.75) is 6.42 Å². The van der Waals surface area contributed by atoms with Gasteiger partial charge in [0, 0.05) is 19.7 Å². The molecule has 0 aliphatic carbocycles. The molecular weight excluding hydrogens is 136 g/mol. The molecule has 1 N–H and O–H groups in total. The molecule has 0 aliphatic rings. The Morgan fingerprint density at radius 2 is 2.09 bits per heavy atom. The Bertz CT molecular complexity index is 216. The molecule has 0 spiro atoms. The fourth-order valence-electron chi connectivity index (χ4n) is 0.856. The first-order valence-corrected chi connectivity index (χ1v) is 3.65. The highest BCUT2D eigenvalue weighted by Crippen LogP contribution is 1.96. The van der Waals surface area contributed by atoms with Crippen LogP contribution in [0.15, 0.2) is 35.4 Å². The van der Waals surface area contributed by atoms with E-state index >= 15 is 0 Å². The summed E-state index contributed by atoms with van der Waals surface area (Å²) >= 11 is 0. The van der Waals surface area contributed by atoms with Crippen LogP contribution in [0.2, 0.25) is 0 Å². The standard InChI is InChI=1S/C9H12N2/c1-10-11-8-7-9-5-3-2-4-6-9/h2-6,8,10H,7H2,1H3. The summed E-state index contributed by atoms with van der Waals surface area (Å²) in [6.45, 7) is 0. The molecule has 58 valence electrons. The van der Waals surface area contributed by atoms with Crippen LogP contribution in [0, 0.1) is 0 Å². The monoisotopic (exact) mass is 148 g/mol. The molecule has 1 aromatic rings. The summed E-state index contributed by atoms with van der Waals surface area (Å²) in [5, 5.41) is 3.89. The average molecular weight is 148 g/mol. The van der Waals surface area contributed by atoms with Crippen LogP contribution in [0.5, 0.6) is 0 Å². The maximum absolute atomic E-state index is 3.89. The fourth-order valence-corrected chi connectivity index (χ4v) is 0.856. The quantitative estimate of drug-likeness (QED) is 0.509. The largest absolute Gasteiger partial charge is 0.313 e. The second-order valence-corrected chi connectivity index (χ2v) is 2.23. The topological polar surface area (TPSA) is 24.4 Å². The Balaban J connectivity index is 2.45. The van der Waals surface area contributed by atoms with Crippen LogP contribution in [0.4, 0.5) is 0 Å². The second-order valence-electron chi connectivity index (χ2n) is 2.23. The maximum atomic E-state index is 3.89. The molecule has 0 atom stereocenters. The summed E-state index contributed by atoms with van der Waals surface area (Å²) in [5.74, 6) is 0. The zero-order chi connectivity index (χ0) is 7.94. The number of nitrogens with one attached hydrogen (secondary N) is 1. The molecule has 0 heterocycles. The number of benzene rings is 1. The highest BCUT2D eigenvalue weighted by Gasteiger charge is 1.84. The van der Waals surface area contributed by atoms with Crippen molar-refractivity contribution in [2.24, 2.45) is 5.10 Å². The van der Waals surface area contributed by atoms with Crippen LogP contribution in [0.3, 0.4) is 0 Å². The van der Waals surface area contributed by atoms with Crippen molar-refractivity contribution in [3.05, 3.63) is 35.9 Å². The molecule has 0 radical (unpaired) electrons. The SMILES string of the molecule is CNN=CCc1ccccc1. The van der Waals surface area contributed by atoms with E-state index < -0.39 is 0 Å². The lowest BCUT2D eigenvalue weighted by atomic mass is 10.2. The van der Waals surface area contributed by atoms with Gasteiger partial charge in [-0.2, -0.15) is 5.10 Å². The highest BCUT2D eigenvalue weighted by molar-refractivity contribution is 5.60. The zero-order valence-corrected chi connectivity index (χ0v) is 6.62. The molecule has 0 amide bonds. The van der Waals surface area contributed by atoms with Gasteiger partial charge in [-0.05, 0) is 5.56 Å². The third-order valence-electron chi connectivity index (χ3n) is 1.39. The summed E-state index contributed by atoms with van der Waals surface area (Å²) in [7, 11) is 1.79. The van der Waals surface area contributed by atoms with Crippen molar-refractivity contribution in [3.63, 3.8) is 0 Å². The van der Waals surface area contributed by atoms with Crippen molar-refractivity contribution < 1.29 is 0 Å². The Hall–Kier alpha value is -1.31. The van der Waals surface area contributed by atoms with Gasteiger partial charge in [0.2, 0.25) is 0 Å². The van der Waals surface area contributed by atoms with E-state index in [4.69, 9.17) is 0 Å². The predicted octanol–water partition coefficient (Wildman–Crippen LogP) is 1.43. The Kier molecular flexibility index (Phi) is 3.19. The molecule has 0 saturated heterocycles. The molecule has 0 aromatic heterocycles. The summed E-state index contributed by atoms with van der Waals surface area (Å²) < 4.78 is 0. The minimum Gasteiger partial charge on any atom is -0.313 e. The van der Waals surface area contributed by atoms with Gasteiger partial charge in [-0.25, -0.2) is 0 Å². The van der Waals surface area contributed by atoms with Gasteiger partial charge >= 0.3 is 0 Å². The summed E-state index contributed by atoms with van der Waals surface area (Å²) in [4.78, 5) is 0. The zero-order valence-electron chi connectivity index (χ0n) is 6.62. The van der Waals surface area contributed by atoms with E-state index in [1.807, 2.05) is 24.4 Å². The van der Waals surface area contributed by atoms with E-state index in [2.05, 4.69) is 22.7 Å². The molecule has 11 heavy (non-hydrogen) atoms. The molecule has 0 bridgehead atoms. The van der Waals surface area contributed by atoms with Crippen LogP contribution in [-0.4, -0.2) is 13.3 Å². The molecule has 1 aromatic carbocycles. The number of hydrogen-bond acceptors (Lipinski definition) is 2. The maximum Gasteiger partial charge on any atom is 0.0286 e. The van der Waals surface area contributed by atoms with Gasteiger partial charge in [0.1, 0.15) is 0 Å². The average Bonchev–Trinajstić information content (AvgIpc) is 2.07. The Morgan fingerprint density at radius 1 is 1.36 bits per heavy atom. The summed E-state index contributed by atoms with van der Waals surface area (Å²) in [6, 6.07) is 10.2. The van der Waals surface area contributed by atoms with Gasteiger partial charge in [0.25, 0.3) is 0 Å². The summed E-state index contributed by atoms with van der Waals surface area (Å²) in [6.07, 6.45) is 2.75. The van der Waals surface area contributed by atoms with E-state index in [0.717, 1.165) is 6.42 Å². The second kappa shape index (κ2) is 4.50. The van der Waals surface area contributed by atoms with Crippen LogP contribution in [-0.2, 0) is 6.42 Å². The predicted molar refractivity (Wildman–Crippen MR) is 47.7 cm³/mol. The van der Waals surface area contributed by atoms with Crippen molar-refractivity contribution in [3.8, 4) is 0 Å². The molecule has 0 fully saturated rings. The van der Waals surface area contributed by atoms with Crippen LogP contribution < -0.4 is 5.43 Å². The van der Waals surface area contributed by atoms with E-state index in [-0.39, 0.29) is 0 Å². The van der Waals surface area contributed by atoms with E-state index in [0.29, 0.717) is 0 Å². The van der Waals surface area contributed by atoms with Crippen molar-refractivity contribution >= 4 is 6.21 Å². The van der Waals surface area contributed by atoms with Gasteiger partial charge in [0.05, 0.1) is 0 Å². The van der Waals surface area contributed by atoms with Crippen LogP contribution in [0.25, 0.3) is 0 Å². The molecule has 0 unspecified atom stereocenters. The number of nitrogens with zero attached hydrogens (tertiary/aromatic N) is 1. The lowest BCUT2D eigenvalue weighted by molar-refractivity contribution is 0.903. The number of hydrogen-bond donors (Lipinski definition) is 1. The smallest absolute Gasteiger partial charge is 0.0286 e. The van der Waals surface area contributed by atoms with Crippen molar-refractivity contribution in [2.75, 3.05) is 7.05 Å². The van der Waals surface area contributed by atoms with Gasteiger partial charge < -0.3 is 5.43 Å². The molecular formula is C9H12N2. The van der Waals surface area contributed by atoms with Gasteiger partial charge in [-0.1, -0.05) is 30.3 Å². The summed E-state index contributed by atoms with van der Waals surface area (Å²) in [5.41, 5.74) is 3.99. The minimum atomic E-state index is 0.891. The van der Waals surface area contributed by atoms with Crippen molar-refractivity contribution in [1.82, 2.24) is 5.43 Å². The number of hydrazone groups is 1. The first kappa shape index (κ1) is 7.79. The molecule has 0 aliphatic heterocycles.